The molecule has 0 aliphatic carbocycles. The average Bonchev–Trinajstić information content (AvgIpc) is 2.80. The topological polar surface area (TPSA) is 30.0 Å². The highest BCUT2D eigenvalue weighted by molar-refractivity contribution is 7.09. The summed E-state index contributed by atoms with van der Waals surface area (Å²) in [6.07, 6.45) is 3.44. The molecule has 0 aliphatic heterocycles. The van der Waals surface area contributed by atoms with Crippen molar-refractivity contribution in [2.75, 3.05) is 0 Å². The van der Waals surface area contributed by atoms with Crippen molar-refractivity contribution in [1.29, 1.82) is 0 Å². The fourth-order valence-electron chi connectivity index (χ4n) is 1.46. The standard InChI is InChI=1S/C12H11NOS/c14-9-10(8-11-4-3-7-15-11)12-5-1-2-6-13-12/h1-7,9-10H,8H2. The normalized spacial score (nSPS) is 12.3. The van der Waals surface area contributed by atoms with E-state index < -0.39 is 0 Å². The lowest BCUT2D eigenvalue weighted by molar-refractivity contribution is -0.109. The van der Waals surface area contributed by atoms with Crippen LogP contribution in [0.5, 0.6) is 0 Å². The fraction of sp³-hybridized carbons (Fsp3) is 0.167. The van der Waals surface area contributed by atoms with Crippen LogP contribution in [0.3, 0.4) is 0 Å². The molecule has 0 fully saturated rings. The molecule has 2 nitrogen and oxygen atoms in total. The zero-order chi connectivity index (χ0) is 10.5. The zero-order valence-corrected chi connectivity index (χ0v) is 8.98. The van der Waals surface area contributed by atoms with Crippen LogP contribution < -0.4 is 0 Å². The van der Waals surface area contributed by atoms with E-state index in [-0.39, 0.29) is 5.92 Å². The number of aromatic nitrogens is 1. The SMILES string of the molecule is O=CC(Cc1cccs1)c1ccccn1. The first kappa shape index (κ1) is 10.1. The molecular weight excluding hydrogens is 206 g/mol. The molecule has 0 aliphatic rings. The molecule has 0 aromatic carbocycles. The van der Waals surface area contributed by atoms with Gasteiger partial charge in [-0.25, -0.2) is 0 Å². The summed E-state index contributed by atoms with van der Waals surface area (Å²) in [4.78, 5) is 16.4. The highest BCUT2D eigenvalue weighted by Gasteiger charge is 2.12. The van der Waals surface area contributed by atoms with E-state index in [2.05, 4.69) is 4.98 Å². The number of carbonyl (C=O) groups is 1. The van der Waals surface area contributed by atoms with E-state index in [0.29, 0.717) is 0 Å². The molecule has 2 aromatic rings. The van der Waals surface area contributed by atoms with Gasteiger partial charge in [0.1, 0.15) is 6.29 Å². The van der Waals surface area contributed by atoms with E-state index >= 15 is 0 Å². The molecule has 0 bridgehead atoms. The summed E-state index contributed by atoms with van der Waals surface area (Å²) in [5.74, 6) is -0.121. The predicted molar refractivity (Wildman–Crippen MR) is 61.1 cm³/mol. The minimum absolute atomic E-state index is 0.121. The van der Waals surface area contributed by atoms with Gasteiger partial charge in [0.15, 0.2) is 0 Å². The second-order valence-electron chi connectivity index (χ2n) is 3.28. The van der Waals surface area contributed by atoms with Gasteiger partial charge in [-0.3, -0.25) is 4.98 Å². The fourth-order valence-corrected chi connectivity index (χ4v) is 2.23. The van der Waals surface area contributed by atoms with Gasteiger partial charge in [0.25, 0.3) is 0 Å². The van der Waals surface area contributed by atoms with Crippen molar-refractivity contribution in [3.8, 4) is 0 Å². The molecule has 3 heteroatoms. The molecule has 2 heterocycles. The van der Waals surface area contributed by atoms with Gasteiger partial charge in [-0.05, 0) is 30.0 Å². The lowest BCUT2D eigenvalue weighted by Gasteiger charge is -2.07. The van der Waals surface area contributed by atoms with Crippen LogP contribution in [0.1, 0.15) is 16.5 Å². The third-order valence-electron chi connectivity index (χ3n) is 2.23. The average molecular weight is 217 g/mol. The first-order valence-corrected chi connectivity index (χ1v) is 5.66. The third-order valence-corrected chi connectivity index (χ3v) is 3.13. The van der Waals surface area contributed by atoms with E-state index in [9.17, 15) is 4.79 Å². The lowest BCUT2D eigenvalue weighted by Crippen LogP contribution is -2.05. The van der Waals surface area contributed by atoms with Crippen LogP contribution in [0.2, 0.25) is 0 Å². The van der Waals surface area contributed by atoms with E-state index in [1.165, 1.54) is 4.88 Å². The lowest BCUT2D eigenvalue weighted by atomic mass is 10.0. The summed E-state index contributed by atoms with van der Waals surface area (Å²) in [5.41, 5.74) is 0.848. The summed E-state index contributed by atoms with van der Waals surface area (Å²) in [7, 11) is 0. The van der Waals surface area contributed by atoms with Crippen LogP contribution in [-0.4, -0.2) is 11.3 Å². The Balaban J connectivity index is 2.15. The summed E-state index contributed by atoms with van der Waals surface area (Å²) < 4.78 is 0. The molecule has 15 heavy (non-hydrogen) atoms. The largest absolute Gasteiger partial charge is 0.303 e. The van der Waals surface area contributed by atoms with Crippen LogP contribution >= 0.6 is 11.3 Å². The number of carbonyl (C=O) groups excluding carboxylic acids is 1. The molecule has 0 saturated carbocycles. The van der Waals surface area contributed by atoms with Gasteiger partial charge in [0.2, 0.25) is 0 Å². The highest BCUT2D eigenvalue weighted by Crippen LogP contribution is 2.19. The molecule has 1 unspecified atom stereocenters. The molecule has 0 amide bonds. The quantitative estimate of drug-likeness (QED) is 0.737. The maximum atomic E-state index is 11.0. The molecule has 1 atom stereocenters. The van der Waals surface area contributed by atoms with Crippen molar-refractivity contribution in [2.24, 2.45) is 0 Å². The number of aldehydes is 1. The van der Waals surface area contributed by atoms with E-state index in [4.69, 9.17) is 0 Å². The van der Waals surface area contributed by atoms with E-state index in [1.54, 1.807) is 17.5 Å². The van der Waals surface area contributed by atoms with Gasteiger partial charge < -0.3 is 4.79 Å². The molecule has 0 N–H and O–H groups in total. The molecule has 2 rings (SSSR count). The number of hydrogen-bond acceptors (Lipinski definition) is 3. The Morgan fingerprint density at radius 2 is 2.27 bits per heavy atom. The van der Waals surface area contributed by atoms with Gasteiger partial charge in [-0.1, -0.05) is 12.1 Å². The van der Waals surface area contributed by atoms with Gasteiger partial charge in [-0.15, -0.1) is 11.3 Å². The van der Waals surface area contributed by atoms with Gasteiger partial charge in [0, 0.05) is 11.1 Å². The molecular formula is C12H11NOS. The maximum absolute atomic E-state index is 11.0. The van der Waals surface area contributed by atoms with Crippen molar-refractivity contribution in [1.82, 2.24) is 4.98 Å². The second kappa shape index (κ2) is 4.84. The summed E-state index contributed by atoms with van der Waals surface area (Å²) >= 11 is 1.67. The molecule has 0 spiro atoms. The van der Waals surface area contributed by atoms with Crippen molar-refractivity contribution in [3.05, 3.63) is 52.5 Å². The maximum Gasteiger partial charge on any atom is 0.129 e. The number of thiophene rings is 1. The predicted octanol–water partition coefficient (Wildman–Crippen LogP) is 2.67. The summed E-state index contributed by atoms with van der Waals surface area (Å²) in [6, 6.07) is 9.71. The Hall–Kier alpha value is -1.48. The van der Waals surface area contributed by atoms with Crippen LogP contribution in [0.4, 0.5) is 0 Å². The van der Waals surface area contributed by atoms with E-state index in [0.717, 1.165) is 18.4 Å². The molecule has 0 saturated heterocycles. The first-order valence-electron chi connectivity index (χ1n) is 4.79. The molecule has 76 valence electrons. The molecule has 2 aromatic heterocycles. The van der Waals surface area contributed by atoms with Crippen molar-refractivity contribution in [3.63, 3.8) is 0 Å². The van der Waals surface area contributed by atoms with Gasteiger partial charge >= 0.3 is 0 Å². The minimum Gasteiger partial charge on any atom is -0.303 e. The van der Waals surface area contributed by atoms with Crippen molar-refractivity contribution < 1.29 is 4.79 Å². The van der Waals surface area contributed by atoms with Crippen molar-refractivity contribution >= 4 is 17.6 Å². The third kappa shape index (κ3) is 2.50. The Morgan fingerprint density at radius 1 is 1.33 bits per heavy atom. The smallest absolute Gasteiger partial charge is 0.129 e. The number of hydrogen-bond donors (Lipinski definition) is 0. The van der Waals surface area contributed by atoms with Crippen LogP contribution in [0, 0.1) is 0 Å². The molecule has 0 radical (unpaired) electrons. The number of rotatable bonds is 4. The Bertz CT molecular complexity index is 410. The van der Waals surface area contributed by atoms with Crippen LogP contribution in [0.25, 0.3) is 0 Å². The monoisotopic (exact) mass is 217 g/mol. The summed E-state index contributed by atoms with van der Waals surface area (Å²) in [6.45, 7) is 0. The van der Waals surface area contributed by atoms with Crippen LogP contribution in [-0.2, 0) is 11.2 Å². The minimum atomic E-state index is -0.121. The van der Waals surface area contributed by atoms with Gasteiger partial charge in [-0.2, -0.15) is 0 Å². The number of nitrogens with zero attached hydrogens (tertiary/aromatic N) is 1. The Labute approximate surface area is 92.6 Å². The Kier molecular flexibility index (Phi) is 3.25. The van der Waals surface area contributed by atoms with E-state index in [1.807, 2.05) is 35.7 Å². The summed E-state index contributed by atoms with van der Waals surface area (Å²) in [5, 5.41) is 2.02. The van der Waals surface area contributed by atoms with Crippen molar-refractivity contribution in [2.45, 2.75) is 12.3 Å². The van der Waals surface area contributed by atoms with Crippen LogP contribution in [0.15, 0.2) is 41.9 Å². The van der Waals surface area contributed by atoms with Gasteiger partial charge in [0.05, 0.1) is 11.6 Å². The highest BCUT2D eigenvalue weighted by atomic mass is 32.1. The zero-order valence-electron chi connectivity index (χ0n) is 8.17. The first-order chi connectivity index (χ1) is 7.40. The second-order valence-corrected chi connectivity index (χ2v) is 4.31. The Morgan fingerprint density at radius 3 is 2.87 bits per heavy atom. The number of pyridine rings is 1.